The Morgan fingerprint density at radius 3 is 2.35 bits per heavy atom. The summed E-state index contributed by atoms with van der Waals surface area (Å²) in [6, 6.07) is 14.3. The molecule has 0 aliphatic heterocycles. The van der Waals surface area contributed by atoms with Gasteiger partial charge in [-0.3, -0.25) is 4.79 Å². The van der Waals surface area contributed by atoms with Crippen molar-refractivity contribution in [3.8, 4) is 17.2 Å². The Bertz CT molecular complexity index is 1260. The summed E-state index contributed by atoms with van der Waals surface area (Å²) >= 11 is 0. The first-order valence-electron chi connectivity index (χ1n) is 13.1. The van der Waals surface area contributed by atoms with Crippen molar-refractivity contribution in [3.05, 3.63) is 66.0 Å². The third-order valence-electron chi connectivity index (χ3n) is 8.24. The first-order chi connectivity index (χ1) is 17.9. The maximum atomic E-state index is 13.7. The lowest BCUT2D eigenvalue weighted by atomic mass is 9.48. The van der Waals surface area contributed by atoms with Crippen molar-refractivity contribution in [2.75, 3.05) is 11.9 Å². The van der Waals surface area contributed by atoms with E-state index in [2.05, 4.69) is 10.1 Å². The van der Waals surface area contributed by atoms with Crippen molar-refractivity contribution in [1.82, 2.24) is 9.78 Å². The number of aromatic nitrogens is 2. The van der Waals surface area contributed by atoms with Crippen molar-refractivity contribution in [2.45, 2.75) is 57.5 Å². The number of benzene rings is 2. The molecule has 4 bridgehead atoms. The second kappa shape index (κ2) is 9.47. The topological polar surface area (TPSA) is 65.4 Å². The van der Waals surface area contributed by atoms with Gasteiger partial charge in [0.1, 0.15) is 0 Å². The fraction of sp³-hybridized carbons (Fsp3) is 0.448. The van der Waals surface area contributed by atoms with Crippen LogP contribution in [0.15, 0.2) is 54.7 Å². The van der Waals surface area contributed by atoms with Crippen LogP contribution < -0.4 is 14.8 Å². The smallest absolute Gasteiger partial charge is 0.387 e. The highest BCUT2D eigenvalue weighted by atomic mass is 19.3. The molecule has 194 valence electrons. The number of alkyl halides is 2. The Kier molecular flexibility index (Phi) is 6.13. The van der Waals surface area contributed by atoms with E-state index in [9.17, 15) is 13.6 Å². The zero-order chi connectivity index (χ0) is 25.6. The molecule has 1 N–H and O–H groups in total. The lowest BCUT2D eigenvalue weighted by molar-refractivity contribution is -0.0514. The molecule has 2 aromatic carbocycles. The fourth-order valence-corrected chi connectivity index (χ4v) is 7.29. The minimum Gasteiger partial charge on any atom is -0.490 e. The van der Waals surface area contributed by atoms with Crippen molar-refractivity contribution >= 4 is 11.6 Å². The van der Waals surface area contributed by atoms with Gasteiger partial charge >= 0.3 is 6.61 Å². The summed E-state index contributed by atoms with van der Waals surface area (Å²) < 4.78 is 37.5. The van der Waals surface area contributed by atoms with Crippen LogP contribution in [0.1, 0.15) is 61.5 Å². The second-order valence-electron chi connectivity index (χ2n) is 10.8. The number of para-hydroxylation sites is 1. The summed E-state index contributed by atoms with van der Waals surface area (Å²) in [6.07, 6.45) is 8.97. The average molecular weight is 508 g/mol. The Hall–Kier alpha value is -3.42. The van der Waals surface area contributed by atoms with Crippen LogP contribution in [0.5, 0.6) is 11.5 Å². The predicted molar refractivity (Wildman–Crippen MR) is 136 cm³/mol. The number of rotatable bonds is 8. The van der Waals surface area contributed by atoms with Gasteiger partial charge in [-0.1, -0.05) is 18.2 Å². The van der Waals surface area contributed by atoms with Gasteiger partial charge in [-0.2, -0.15) is 13.9 Å². The zero-order valence-corrected chi connectivity index (χ0v) is 20.8. The number of nitrogens with zero attached hydrogens (tertiary/aromatic N) is 2. The standard InChI is InChI=1S/C29H31F2N3O3/c1-2-36-25-13-21(8-9-24(25)37-28(30)31)32-27(35)23-17-34(22-6-4-3-5-7-22)33-26(23)29-14-18-10-19(15-29)12-20(11-18)16-29/h3-9,13,17-20,28H,2,10-12,14-16H2,1H3,(H,32,35). The van der Waals surface area contributed by atoms with Crippen LogP contribution >= 0.6 is 0 Å². The molecule has 1 aromatic heterocycles. The first-order valence-corrected chi connectivity index (χ1v) is 13.1. The number of amides is 1. The Morgan fingerprint density at radius 1 is 1.05 bits per heavy atom. The van der Waals surface area contributed by atoms with Crippen LogP contribution in [0.2, 0.25) is 0 Å². The summed E-state index contributed by atoms with van der Waals surface area (Å²) in [5.41, 5.74) is 2.72. The normalized spacial score (nSPS) is 25.9. The van der Waals surface area contributed by atoms with E-state index >= 15 is 0 Å². The minimum atomic E-state index is -2.97. The number of carbonyl (C=O) groups is 1. The molecule has 0 radical (unpaired) electrons. The van der Waals surface area contributed by atoms with Crippen LogP contribution in [0.25, 0.3) is 5.69 Å². The maximum absolute atomic E-state index is 13.7. The summed E-state index contributed by atoms with van der Waals surface area (Å²) in [6.45, 7) is -0.934. The molecule has 0 unspecified atom stereocenters. The highest BCUT2D eigenvalue weighted by Crippen LogP contribution is 2.61. The number of hydrogen-bond donors (Lipinski definition) is 1. The number of carbonyl (C=O) groups excluding carboxylic acids is 1. The molecular formula is C29H31F2N3O3. The van der Waals surface area contributed by atoms with E-state index in [1.54, 1.807) is 13.0 Å². The fourth-order valence-electron chi connectivity index (χ4n) is 7.29. The molecule has 6 nitrogen and oxygen atoms in total. The number of nitrogens with one attached hydrogen (secondary N) is 1. The van der Waals surface area contributed by atoms with Gasteiger partial charge in [-0.25, -0.2) is 4.68 Å². The van der Waals surface area contributed by atoms with Crippen LogP contribution in [0, 0.1) is 17.8 Å². The average Bonchev–Trinajstić information content (AvgIpc) is 3.32. The second-order valence-corrected chi connectivity index (χ2v) is 10.8. The molecule has 8 heteroatoms. The summed E-state index contributed by atoms with van der Waals surface area (Å²) in [5.74, 6) is 1.95. The Morgan fingerprint density at radius 2 is 1.73 bits per heavy atom. The van der Waals surface area contributed by atoms with E-state index in [0.717, 1.165) is 30.6 Å². The van der Waals surface area contributed by atoms with Crippen molar-refractivity contribution in [2.24, 2.45) is 17.8 Å². The third kappa shape index (κ3) is 4.58. The molecule has 4 fully saturated rings. The molecule has 0 atom stereocenters. The lowest BCUT2D eigenvalue weighted by Gasteiger charge is -2.56. The van der Waals surface area contributed by atoms with Crippen LogP contribution in [-0.2, 0) is 5.41 Å². The van der Waals surface area contributed by atoms with Gasteiger partial charge in [-0.05, 0) is 87.5 Å². The Labute approximate surface area is 215 Å². The van der Waals surface area contributed by atoms with Crippen LogP contribution in [0.4, 0.5) is 14.5 Å². The van der Waals surface area contributed by atoms with E-state index < -0.39 is 6.61 Å². The van der Waals surface area contributed by atoms with Gasteiger partial charge in [0.25, 0.3) is 5.91 Å². The summed E-state index contributed by atoms with van der Waals surface area (Å²) in [4.78, 5) is 13.7. The minimum absolute atomic E-state index is 0.0685. The first kappa shape index (κ1) is 23.9. The van der Waals surface area contributed by atoms with Gasteiger partial charge in [0.05, 0.1) is 23.6 Å². The molecule has 37 heavy (non-hydrogen) atoms. The molecule has 4 aliphatic carbocycles. The molecular weight excluding hydrogens is 476 g/mol. The third-order valence-corrected chi connectivity index (χ3v) is 8.24. The van der Waals surface area contributed by atoms with E-state index in [4.69, 9.17) is 9.84 Å². The maximum Gasteiger partial charge on any atom is 0.387 e. The van der Waals surface area contributed by atoms with Crippen molar-refractivity contribution < 1.29 is 23.0 Å². The molecule has 1 amide bonds. The van der Waals surface area contributed by atoms with Gasteiger partial charge in [0.15, 0.2) is 11.5 Å². The van der Waals surface area contributed by atoms with E-state index in [-0.39, 0.29) is 29.4 Å². The van der Waals surface area contributed by atoms with Gasteiger partial charge in [-0.15, -0.1) is 0 Å². The van der Waals surface area contributed by atoms with Gasteiger partial charge < -0.3 is 14.8 Å². The molecule has 4 saturated carbocycles. The molecule has 3 aromatic rings. The molecule has 1 heterocycles. The molecule has 0 saturated heterocycles. The molecule has 4 aliphatic rings. The number of halogens is 2. The van der Waals surface area contributed by atoms with E-state index in [1.807, 2.05) is 41.2 Å². The van der Waals surface area contributed by atoms with Gasteiger partial charge in [0.2, 0.25) is 0 Å². The Balaban J connectivity index is 1.35. The number of ether oxygens (including phenoxy) is 2. The van der Waals surface area contributed by atoms with Crippen molar-refractivity contribution in [3.63, 3.8) is 0 Å². The monoisotopic (exact) mass is 507 g/mol. The number of anilines is 1. The van der Waals surface area contributed by atoms with E-state index in [1.165, 1.54) is 31.4 Å². The highest BCUT2D eigenvalue weighted by Gasteiger charge is 2.54. The largest absolute Gasteiger partial charge is 0.490 e. The van der Waals surface area contributed by atoms with E-state index in [0.29, 0.717) is 29.0 Å². The SMILES string of the molecule is CCOc1cc(NC(=O)c2cn(-c3ccccc3)nc2C23CC4CC(CC(C4)C2)C3)ccc1OC(F)F. The predicted octanol–water partition coefficient (Wildman–Crippen LogP) is 6.59. The quantitative estimate of drug-likeness (QED) is 0.373. The highest BCUT2D eigenvalue weighted by molar-refractivity contribution is 6.05. The van der Waals surface area contributed by atoms with Crippen LogP contribution in [-0.4, -0.2) is 28.9 Å². The molecule has 0 spiro atoms. The van der Waals surface area contributed by atoms with Crippen LogP contribution in [0.3, 0.4) is 0 Å². The van der Waals surface area contributed by atoms with Crippen molar-refractivity contribution in [1.29, 1.82) is 0 Å². The summed E-state index contributed by atoms with van der Waals surface area (Å²) in [7, 11) is 0. The number of hydrogen-bond acceptors (Lipinski definition) is 4. The van der Waals surface area contributed by atoms with Gasteiger partial charge in [0, 0.05) is 23.4 Å². The molecule has 7 rings (SSSR count). The summed E-state index contributed by atoms with van der Waals surface area (Å²) in [5, 5.41) is 8.01. The lowest BCUT2D eigenvalue weighted by Crippen LogP contribution is -2.49. The zero-order valence-electron chi connectivity index (χ0n) is 20.8.